The molecule has 0 bridgehead atoms. The van der Waals surface area contributed by atoms with Gasteiger partial charge in [0.1, 0.15) is 5.75 Å². The lowest BCUT2D eigenvalue weighted by Gasteiger charge is -2.25. The van der Waals surface area contributed by atoms with E-state index in [1.807, 2.05) is 56.3 Å². The number of aryl methyl sites for hydroxylation is 2. The van der Waals surface area contributed by atoms with Gasteiger partial charge < -0.3 is 9.84 Å². The fraction of sp³-hybridized carbons (Fsp3) is 0.381. The highest BCUT2D eigenvalue weighted by Gasteiger charge is 2.25. The van der Waals surface area contributed by atoms with Gasteiger partial charge >= 0.3 is 5.97 Å². The molecule has 3 nitrogen and oxygen atoms in total. The summed E-state index contributed by atoms with van der Waals surface area (Å²) in [7, 11) is 0. The van der Waals surface area contributed by atoms with Gasteiger partial charge in [-0.25, -0.2) is 4.79 Å². The molecule has 0 aliphatic rings. The van der Waals surface area contributed by atoms with Gasteiger partial charge in [0.25, 0.3) is 0 Å². The zero-order valence-corrected chi connectivity index (χ0v) is 15.1. The summed E-state index contributed by atoms with van der Waals surface area (Å²) in [5, 5.41) is 9.65. The summed E-state index contributed by atoms with van der Waals surface area (Å²) < 4.78 is 5.95. The first-order valence-electron chi connectivity index (χ1n) is 8.24. The molecular formula is C21H26O3. The zero-order chi connectivity index (χ0) is 17.9. The van der Waals surface area contributed by atoms with Crippen LogP contribution in [-0.2, 0) is 16.6 Å². The van der Waals surface area contributed by atoms with Crippen molar-refractivity contribution in [3.63, 3.8) is 0 Å². The molecule has 0 aliphatic heterocycles. The van der Waals surface area contributed by atoms with Crippen LogP contribution in [0.4, 0.5) is 0 Å². The SMILES string of the molecule is Cc1cccc(C)c1C[C@H](Oc1ccccc1C(C)(C)C)C(=O)O. The van der Waals surface area contributed by atoms with Crippen LogP contribution in [0.2, 0.25) is 0 Å². The molecule has 0 spiro atoms. The summed E-state index contributed by atoms with van der Waals surface area (Å²) in [4.78, 5) is 11.8. The largest absolute Gasteiger partial charge is 0.478 e. The molecule has 0 aromatic heterocycles. The Hall–Kier alpha value is -2.29. The highest BCUT2D eigenvalue weighted by Crippen LogP contribution is 2.32. The molecule has 24 heavy (non-hydrogen) atoms. The van der Waals surface area contributed by atoms with Crippen LogP contribution in [0.1, 0.15) is 43.0 Å². The van der Waals surface area contributed by atoms with Crippen molar-refractivity contribution < 1.29 is 14.6 Å². The molecule has 0 saturated heterocycles. The standard InChI is InChI=1S/C21H26O3/c1-14-9-8-10-15(2)16(14)13-19(20(22)23)24-18-12-7-6-11-17(18)21(3,4)5/h6-12,19H,13H2,1-5H3,(H,22,23)/t19-/m0/s1. The molecule has 3 heteroatoms. The van der Waals surface area contributed by atoms with E-state index in [4.69, 9.17) is 4.74 Å². The third kappa shape index (κ3) is 4.16. The maximum absolute atomic E-state index is 11.8. The zero-order valence-electron chi connectivity index (χ0n) is 15.1. The van der Waals surface area contributed by atoms with Gasteiger partial charge in [0.2, 0.25) is 0 Å². The number of hydrogen-bond donors (Lipinski definition) is 1. The van der Waals surface area contributed by atoms with E-state index >= 15 is 0 Å². The van der Waals surface area contributed by atoms with Crippen LogP contribution in [-0.4, -0.2) is 17.2 Å². The summed E-state index contributed by atoms with van der Waals surface area (Å²) in [6.45, 7) is 10.3. The Morgan fingerprint density at radius 1 is 1.04 bits per heavy atom. The lowest BCUT2D eigenvalue weighted by atomic mass is 9.86. The van der Waals surface area contributed by atoms with Crippen molar-refractivity contribution in [2.24, 2.45) is 0 Å². The summed E-state index contributed by atoms with van der Waals surface area (Å²) in [6.07, 6.45) is -0.555. The molecule has 0 heterocycles. The van der Waals surface area contributed by atoms with E-state index in [9.17, 15) is 9.90 Å². The minimum absolute atomic E-state index is 0.113. The topological polar surface area (TPSA) is 46.5 Å². The molecule has 0 amide bonds. The summed E-state index contributed by atoms with van der Waals surface area (Å²) in [5.41, 5.74) is 4.12. The van der Waals surface area contributed by atoms with E-state index in [1.54, 1.807) is 0 Å². The van der Waals surface area contributed by atoms with Crippen molar-refractivity contribution in [3.05, 3.63) is 64.7 Å². The Morgan fingerprint density at radius 3 is 2.17 bits per heavy atom. The molecule has 0 unspecified atom stereocenters. The van der Waals surface area contributed by atoms with Crippen LogP contribution in [0.15, 0.2) is 42.5 Å². The Morgan fingerprint density at radius 2 is 1.62 bits per heavy atom. The molecule has 0 fully saturated rings. The van der Waals surface area contributed by atoms with Gasteiger partial charge in [0.05, 0.1) is 0 Å². The van der Waals surface area contributed by atoms with Crippen molar-refractivity contribution in [2.75, 3.05) is 0 Å². The van der Waals surface area contributed by atoms with Gasteiger partial charge in [0.15, 0.2) is 6.10 Å². The molecule has 1 N–H and O–H groups in total. The minimum atomic E-state index is -0.943. The fourth-order valence-corrected chi connectivity index (χ4v) is 2.88. The molecule has 128 valence electrons. The number of carboxylic acids is 1. The van der Waals surface area contributed by atoms with E-state index in [2.05, 4.69) is 20.8 Å². The Kier molecular flexibility index (Phi) is 5.33. The van der Waals surface area contributed by atoms with Crippen molar-refractivity contribution in [2.45, 2.75) is 52.6 Å². The summed E-state index contributed by atoms with van der Waals surface area (Å²) in [5.74, 6) is -0.301. The number of aliphatic carboxylic acids is 1. The molecule has 0 aliphatic carbocycles. The second kappa shape index (κ2) is 7.08. The average Bonchev–Trinajstić information content (AvgIpc) is 2.49. The third-order valence-electron chi connectivity index (χ3n) is 4.27. The van der Waals surface area contributed by atoms with E-state index < -0.39 is 12.1 Å². The first-order valence-corrected chi connectivity index (χ1v) is 8.24. The summed E-state index contributed by atoms with van der Waals surface area (Å²) >= 11 is 0. The number of ether oxygens (including phenoxy) is 1. The normalized spacial score (nSPS) is 12.7. The van der Waals surface area contributed by atoms with Gasteiger partial charge in [-0.05, 0) is 47.6 Å². The molecule has 2 aromatic carbocycles. The van der Waals surface area contributed by atoms with Crippen LogP contribution in [0, 0.1) is 13.8 Å². The van der Waals surface area contributed by atoms with Gasteiger partial charge in [0, 0.05) is 6.42 Å². The number of hydrogen-bond acceptors (Lipinski definition) is 2. The average molecular weight is 326 g/mol. The summed E-state index contributed by atoms with van der Waals surface area (Å²) in [6, 6.07) is 13.7. The van der Waals surface area contributed by atoms with Crippen LogP contribution < -0.4 is 4.74 Å². The van der Waals surface area contributed by atoms with Gasteiger partial charge in [-0.1, -0.05) is 57.2 Å². The van der Waals surface area contributed by atoms with Crippen LogP contribution in [0.3, 0.4) is 0 Å². The first-order chi connectivity index (χ1) is 11.2. The van der Waals surface area contributed by atoms with Gasteiger partial charge in [-0.15, -0.1) is 0 Å². The first kappa shape index (κ1) is 18.1. The minimum Gasteiger partial charge on any atom is -0.478 e. The van der Waals surface area contributed by atoms with Crippen molar-refractivity contribution in [1.29, 1.82) is 0 Å². The number of carboxylic acid groups (broad SMARTS) is 1. The van der Waals surface area contributed by atoms with E-state index in [0.717, 1.165) is 22.3 Å². The maximum atomic E-state index is 11.8. The monoisotopic (exact) mass is 326 g/mol. The van der Waals surface area contributed by atoms with E-state index in [0.29, 0.717) is 12.2 Å². The predicted octanol–water partition coefficient (Wildman–Crippen LogP) is 4.68. The Balaban J connectivity index is 2.33. The highest BCUT2D eigenvalue weighted by atomic mass is 16.5. The molecule has 2 aromatic rings. The highest BCUT2D eigenvalue weighted by molar-refractivity contribution is 5.73. The number of carbonyl (C=O) groups is 1. The number of para-hydroxylation sites is 1. The predicted molar refractivity (Wildman–Crippen MR) is 96.8 cm³/mol. The molecule has 1 atom stereocenters. The van der Waals surface area contributed by atoms with E-state index in [-0.39, 0.29) is 5.41 Å². The Labute approximate surface area is 144 Å². The molecule has 0 radical (unpaired) electrons. The lowest BCUT2D eigenvalue weighted by Crippen LogP contribution is -2.31. The second-order valence-corrected chi connectivity index (χ2v) is 7.27. The van der Waals surface area contributed by atoms with Crippen molar-refractivity contribution in [3.8, 4) is 5.75 Å². The van der Waals surface area contributed by atoms with Crippen LogP contribution in [0.5, 0.6) is 5.75 Å². The van der Waals surface area contributed by atoms with Crippen molar-refractivity contribution in [1.82, 2.24) is 0 Å². The number of rotatable bonds is 5. The van der Waals surface area contributed by atoms with Crippen LogP contribution >= 0.6 is 0 Å². The lowest BCUT2D eigenvalue weighted by molar-refractivity contribution is -0.145. The fourth-order valence-electron chi connectivity index (χ4n) is 2.88. The second-order valence-electron chi connectivity index (χ2n) is 7.27. The smallest absolute Gasteiger partial charge is 0.345 e. The molecule has 2 rings (SSSR count). The van der Waals surface area contributed by atoms with Gasteiger partial charge in [-0.3, -0.25) is 0 Å². The Bertz CT molecular complexity index is 706. The quantitative estimate of drug-likeness (QED) is 0.868. The number of benzene rings is 2. The third-order valence-corrected chi connectivity index (χ3v) is 4.27. The van der Waals surface area contributed by atoms with Gasteiger partial charge in [-0.2, -0.15) is 0 Å². The van der Waals surface area contributed by atoms with Crippen molar-refractivity contribution >= 4 is 5.97 Å². The van der Waals surface area contributed by atoms with E-state index in [1.165, 1.54) is 0 Å². The molecular weight excluding hydrogens is 300 g/mol. The maximum Gasteiger partial charge on any atom is 0.345 e. The molecule has 0 saturated carbocycles. The van der Waals surface area contributed by atoms with Crippen LogP contribution in [0.25, 0.3) is 0 Å².